The molecule has 1 N–H and O–H groups in total. The van der Waals surface area contributed by atoms with Crippen LogP contribution >= 0.6 is 0 Å². The van der Waals surface area contributed by atoms with E-state index in [9.17, 15) is 0 Å². The number of anilines is 1. The van der Waals surface area contributed by atoms with Gasteiger partial charge in [-0.05, 0) is 35.9 Å². The van der Waals surface area contributed by atoms with Crippen LogP contribution < -0.4 is 10.1 Å². The van der Waals surface area contributed by atoms with Gasteiger partial charge in [0.15, 0.2) is 0 Å². The molecular formula is C20H18N6O. The summed E-state index contributed by atoms with van der Waals surface area (Å²) in [6.45, 7) is 0.631. The first-order valence-corrected chi connectivity index (χ1v) is 8.48. The summed E-state index contributed by atoms with van der Waals surface area (Å²) in [4.78, 5) is 12.9. The van der Waals surface area contributed by atoms with Crippen molar-refractivity contribution in [2.24, 2.45) is 0 Å². The zero-order valence-corrected chi connectivity index (χ0v) is 14.8. The molecule has 0 spiro atoms. The molecule has 1 aromatic carbocycles. The lowest BCUT2D eigenvalue weighted by molar-refractivity contribution is 0.411. The third kappa shape index (κ3) is 3.77. The molecule has 3 heterocycles. The number of pyridine rings is 1. The van der Waals surface area contributed by atoms with Gasteiger partial charge in [-0.2, -0.15) is 5.10 Å². The summed E-state index contributed by atoms with van der Waals surface area (Å²) in [6.07, 6.45) is 8.97. The van der Waals surface area contributed by atoms with Crippen LogP contribution in [0.4, 0.5) is 5.95 Å². The van der Waals surface area contributed by atoms with Gasteiger partial charge in [0.25, 0.3) is 0 Å². The second-order valence-electron chi connectivity index (χ2n) is 5.82. The maximum atomic E-state index is 5.41. The lowest BCUT2D eigenvalue weighted by atomic mass is 10.2. The van der Waals surface area contributed by atoms with Crippen molar-refractivity contribution in [3.05, 3.63) is 79.0 Å². The van der Waals surface area contributed by atoms with Gasteiger partial charge < -0.3 is 10.1 Å². The zero-order valence-electron chi connectivity index (χ0n) is 14.8. The Labute approximate surface area is 156 Å². The standard InChI is InChI=1S/C20H18N6O/c1-27-19-5-3-2-4-18(19)26-14-16(13-24-26)17-8-11-22-20(25-17)23-12-15-6-9-21-10-7-15/h2-11,13-14H,12H2,1H3,(H,22,23,25). The average Bonchev–Trinajstić information content (AvgIpc) is 3.23. The number of ether oxygens (including phenoxy) is 1. The summed E-state index contributed by atoms with van der Waals surface area (Å²) in [7, 11) is 1.65. The van der Waals surface area contributed by atoms with Gasteiger partial charge in [-0.3, -0.25) is 4.98 Å². The van der Waals surface area contributed by atoms with E-state index in [0.29, 0.717) is 12.5 Å². The summed E-state index contributed by atoms with van der Waals surface area (Å²) in [5.41, 5.74) is 3.68. The van der Waals surface area contributed by atoms with Gasteiger partial charge in [0.1, 0.15) is 11.4 Å². The van der Waals surface area contributed by atoms with Gasteiger partial charge in [-0.15, -0.1) is 0 Å². The SMILES string of the molecule is COc1ccccc1-n1cc(-c2ccnc(NCc3ccncc3)n2)cn1. The van der Waals surface area contributed by atoms with Crippen LogP contribution in [0.1, 0.15) is 5.56 Å². The van der Waals surface area contributed by atoms with E-state index < -0.39 is 0 Å². The van der Waals surface area contributed by atoms with Crippen molar-refractivity contribution in [2.75, 3.05) is 12.4 Å². The minimum atomic E-state index is 0.564. The van der Waals surface area contributed by atoms with E-state index in [1.54, 1.807) is 36.6 Å². The molecule has 134 valence electrons. The first-order chi connectivity index (χ1) is 13.3. The maximum Gasteiger partial charge on any atom is 0.223 e. The maximum absolute atomic E-state index is 5.41. The van der Waals surface area contributed by atoms with Crippen LogP contribution in [-0.2, 0) is 6.54 Å². The van der Waals surface area contributed by atoms with Crippen molar-refractivity contribution in [1.82, 2.24) is 24.7 Å². The summed E-state index contributed by atoms with van der Waals surface area (Å²) in [5, 5.41) is 7.67. The summed E-state index contributed by atoms with van der Waals surface area (Å²) in [6, 6.07) is 13.5. The number of aromatic nitrogens is 5. The second-order valence-corrected chi connectivity index (χ2v) is 5.82. The summed E-state index contributed by atoms with van der Waals surface area (Å²) in [5.74, 6) is 1.32. The third-order valence-electron chi connectivity index (χ3n) is 4.07. The van der Waals surface area contributed by atoms with Gasteiger partial charge in [0, 0.05) is 36.9 Å². The monoisotopic (exact) mass is 358 g/mol. The first kappa shape index (κ1) is 16.7. The van der Waals surface area contributed by atoms with Crippen LogP contribution in [0.2, 0.25) is 0 Å². The van der Waals surface area contributed by atoms with Crippen LogP contribution in [0.3, 0.4) is 0 Å². The van der Waals surface area contributed by atoms with Crippen molar-refractivity contribution in [3.63, 3.8) is 0 Å². The summed E-state index contributed by atoms with van der Waals surface area (Å²) < 4.78 is 7.19. The Morgan fingerprint density at radius 1 is 1.04 bits per heavy atom. The van der Waals surface area contributed by atoms with Crippen LogP contribution in [0.5, 0.6) is 5.75 Å². The molecule has 0 unspecified atom stereocenters. The normalized spacial score (nSPS) is 10.6. The highest BCUT2D eigenvalue weighted by Crippen LogP contribution is 2.24. The van der Waals surface area contributed by atoms with Crippen LogP contribution in [-0.4, -0.2) is 31.8 Å². The number of benzene rings is 1. The number of nitrogens with one attached hydrogen (secondary N) is 1. The first-order valence-electron chi connectivity index (χ1n) is 8.48. The van der Waals surface area contributed by atoms with Crippen LogP contribution in [0, 0.1) is 0 Å². The van der Waals surface area contributed by atoms with E-state index in [2.05, 4.69) is 25.4 Å². The van der Waals surface area contributed by atoms with Crippen molar-refractivity contribution >= 4 is 5.95 Å². The molecule has 0 radical (unpaired) electrons. The Kier molecular flexibility index (Phi) is 4.74. The quantitative estimate of drug-likeness (QED) is 0.569. The fourth-order valence-electron chi connectivity index (χ4n) is 2.69. The molecular weight excluding hydrogens is 340 g/mol. The fourth-order valence-corrected chi connectivity index (χ4v) is 2.69. The molecule has 27 heavy (non-hydrogen) atoms. The lowest BCUT2D eigenvalue weighted by Gasteiger charge is -2.07. The molecule has 0 aliphatic rings. The van der Waals surface area contributed by atoms with E-state index in [4.69, 9.17) is 4.74 Å². The van der Waals surface area contributed by atoms with Crippen LogP contribution in [0.15, 0.2) is 73.4 Å². The lowest BCUT2D eigenvalue weighted by Crippen LogP contribution is -2.03. The third-order valence-corrected chi connectivity index (χ3v) is 4.07. The molecule has 0 saturated heterocycles. The van der Waals surface area contributed by atoms with Gasteiger partial charge in [0.2, 0.25) is 5.95 Å². The highest BCUT2D eigenvalue weighted by atomic mass is 16.5. The van der Waals surface area contributed by atoms with Crippen molar-refractivity contribution in [2.45, 2.75) is 6.54 Å². The number of rotatable bonds is 6. The van der Waals surface area contributed by atoms with Gasteiger partial charge in [-0.25, -0.2) is 14.6 Å². The number of nitrogens with zero attached hydrogens (tertiary/aromatic N) is 5. The largest absolute Gasteiger partial charge is 0.494 e. The van der Waals surface area contributed by atoms with E-state index in [1.165, 1.54) is 0 Å². The molecule has 0 bridgehead atoms. The zero-order chi connectivity index (χ0) is 18.5. The van der Waals surface area contributed by atoms with Crippen molar-refractivity contribution in [3.8, 4) is 22.7 Å². The topological polar surface area (TPSA) is 77.8 Å². The van der Waals surface area contributed by atoms with E-state index in [0.717, 1.165) is 28.3 Å². The van der Waals surface area contributed by atoms with Crippen molar-refractivity contribution < 1.29 is 4.74 Å². The van der Waals surface area contributed by atoms with Gasteiger partial charge in [-0.1, -0.05) is 12.1 Å². The molecule has 0 aliphatic carbocycles. The Morgan fingerprint density at radius 3 is 2.74 bits per heavy atom. The Bertz CT molecular complexity index is 1030. The molecule has 0 fully saturated rings. The molecule has 7 heteroatoms. The molecule has 4 rings (SSSR count). The molecule has 0 saturated carbocycles. The number of hydrogen-bond acceptors (Lipinski definition) is 6. The molecule has 7 nitrogen and oxygen atoms in total. The van der Waals surface area contributed by atoms with E-state index in [-0.39, 0.29) is 0 Å². The number of hydrogen-bond donors (Lipinski definition) is 1. The molecule has 0 amide bonds. The Hall–Kier alpha value is -3.74. The highest BCUT2D eigenvalue weighted by Gasteiger charge is 2.09. The Balaban J connectivity index is 1.55. The predicted octanol–water partition coefficient (Wildman–Crippen LogP) is 3.35. The van der Waals surface area contributed by atoms with Gasteiger partial charge in [0.05, 0.1) is 19.0 Å². The average molecular weight is 358 g/mol. The molecule has 4 aromatic rings. The number of methoxy groups -OCH3 is 1. The summed E-state index contributed by atoms with van der Waals surface area (Å²) >= 11 is 0. The van der Waals surface area contributed by atoms with Gasteiger partial charge >= 0.3 is 0 Å². The minimum absolute atomic E-state index is 0.564. The molecule has 0 atom stereocenters. The van der Waals surface area contributed by atoms with Crippen LogP contribution in [0.25, 0.3) is 16.9 Å². The second kappa shape index (κ2) is 7.65. The fraction of sp³-hybridized carbons (Fsp3) is 0.100. The smallest absolute Gasteiger partial charge is 0.223 e. The Morgan fingerprint density at radius 2 is 1.89 bits per heavy atom. The molecule has 3 aromatic heterocycles. The van der Waals surface area contributed by atoms with E-state index >= 15 is 0 Å². The van der Waals surface area contributed by atoms with Crippen molar-refractivity contribution in [1.29, 1.82) is 0 Å². The highest BCUT2D eigenvalue weighted by molar-refractivity contribution is 5.59. The number of para-hydroxylation sites is 2. The molecule has 0 aliphatic heterocycles. The predicted molar refractivity (Wildman–Crippen MR) is 103 cm³/mol. The van der Waals surface area contributed by atoms with E-state index in [1.807, 2.05) is 48.7 Å². The minimum Gasteiger partial charge on any atom is -0.494 e.